The fourth-order valence-corrected chi connectivity index (χ4v) is 2.27. The van der Waals surface area contributed by atoms with Gasteiger partial charge in [-0.05, 0) is 25.5 Å². The molecule has 0 radical (unpaired) electrons. The van der Waals surface area contributed by atoms with Gasteiger partial charge in [0.2, 0.25) is 0 Å². The Hall–Kier alpha value is -2.83. The van der Waals surface area contributed by atoms with Gasteiger partial charge >= 0.3 is 0 Å². The first kappa shape index (κ1) is 18.5. The summed E-state index contributed by atoms with van der Waals surface area (Å²) in [6, 6.07) is 7.03. The average molecular weight is 344 g/mol. The molecule has 0 aliphatic rings. The maximum absolute atomic E-state index is 12.2. The molecule has 2 rings (SSSR count). The van der Waals surface area contributed by atoms with E-state index in [0.29, 0.717) is 41.1 Å². The second kappa shape index (κ2) is 8.86. The number of hydrogen-bond donors (Lipinski definition) is 2. The van der Waals surface area contributed by atoms with Crippen LogP contribution in [0, 0.1) is 6.92 Å². The Labute approximate surface area is 147 Å². The summed E-state index contributed by atoms with van der Waals surface area (Å²) in [5, 5.41) is 6.02. The number of rotatable bonds is 8. The van der Waals surface area contributed by atoms with E-state index in [-0.39, 0.29) is 5.91 Å². The molecule has 0 bridgehead atoms. The van der Waals surface area contributed by atoms with Crippen molar-refractivity contribution in [1.82, 2.24) is 15.3 Å². The summed E-state index contributed by atoms with van der Waals surface area (Å²) in [5.41, 5.74) is 1.02. The zero-order valence-electron chi connectivity index (χ0n) is 15.0. The molecule has 0 saturated heterocycles. The van der Waals surface area contributed by atoms with E-state index in [1.807, 2.05) is 6.07 Å². The van der Waals surface area contributed by atoms with E-state index in [1.165, 1.54) is 0 Å². The average Bonchev–Trinajstić information content (AvgIpc) is 2.61. The first-order chi connectivity index (χ1) is 12.1. The summed E-state index contributed by atoms with van der Waals surface area (Å²) in [5.74, 6) is 2.14. The Morgan fingerprint density at radius 3 is 2.64 bits per heavy atom. The Kier molecular flexibility index (Phi) is 6.56. The maximum Gasteiger partial charge on any atom is 0.270 e. The number of ether oxygens (including phenoxy) is 2. The van der Waals surface area contributed by atoms with Crippen molar-refractivity contribution in [3.8, 4) is 11.5 Å². The van der Waals surface area contributed by atoms with Crippen LogP contribution in [0.15, 0.2) is 24.3 Å². The van der Waals surface area contributed by atoms with E-state index in [9.17, 15) is 4.79 Å². The predicted molar refractivity (Wildman–Crippen MR) is 96.8 cm³/mol. The third kappa shape index (κ3) is 5.07. The van der Waals surface area contributed by atoms with Gasteiger partial charge in [-0.25, -0.2) is 9.97 Å². The molecule has 0 aliphatic heterocycles. The molecule has 7 heteroatoms. The number of unbranched alkanes of at least 4 members (excludes halogenated alkanes) is 1. The number of carbonyl (C=O) groups excluding carboxylic acids is 1. The van der Waals surface area contributed by atoms with Gasteiger partial charge in [-0.3, -0.25) is 4.79 Å². The standard InChI is InChI=1S/C18H24N4O3/c1-5-6-9-19-18(23)15-11-17(21-12(2)20-15)22-14-10-13(24-3)7-8-16(14)25-4/h7-8,10-11H,5-6,9H2,1-4H3,(H,19,23)(H,20,21,22). The van der Waals surface area contributed by atoms with Gasteiger partial charge in [0.05, 0.1) is 19.9 Å². The van der Waals surface area contributed by atoms with E-state index in [1.54, 1.807) is 39.3 Å². The van der Waals surface area contributed by atoms with Gasteiger partial charge < -0.3 is 20.1 Å². The summed E-state index contributed by atoms with van der Waals surface area (Å²) < 4.78 is 10.6. The Morgan fingerprint density at radius 1 is 1.16 bits per heavy atom. The molecular formula is C18H24N4O3. The Balaban J connectivity index is 2.24. The van der Waals surface area contributed by atoms with Crippen LogP contribution in [0.4, 0.5) is 11.5 Å². The fourth-order valence-electron chi connectivity index (χ4n) is 2.27. The molecule has 134 valence electrons. The van der Waals surface area contributed by atoms with Gasteiger partial charge in [-0.1, -0.05) is 13.3 Å². The highest BCUT2D eigenvalue weighted by molar-refractivity contribution is 5.93. The smallest absolute Gasteiger partial charge is 0.270 e. The number of amides is 1. The molecule has 1 heterocycles. The van der Waals surface area contributed by atoms with Crippen LogP contribution in [0.25, 0.3) is 0 Å². The van der Waals surface area contributed by atoms with E-state index in [2.05, 4.69) is 27.5 Å². The van der Waals surface area contributed by atoms with E-state index in [4.69, 9.17) is 9.47 Å². The summed E-state index contributed by atoms with van der Waals surface area (Å²) in [6.07, 6.45) is 1.95. The highest BCUT2D eigenvalue weighted by Crippen LogP contribution is 2.31. The monoisotopic (exact) mass is 344 g/mol. The quantitative estimate of drug-likeness (QED) is 0.716. The van der Waals surface area contributed by atoms with Crippen molar-refractivity contribution < 1.29 is 14.3 Å². The second-order valence-corrected chi connectivity index (χ2v) is 5.49. The number of aromatic nitrogens is 2. The Morgan fingerprint density at radius 2 is 1.96 bits per heavy atom. The normalized spacial score (nSPS) is 10.2. The van der Waals surface area contributed by atoms with Gasteiger partial charge in [0.25, 0.3) is 5.91 Å². The van der Waals surface area contributed by atoms with Gasteiger partial charge in [0.1, 0.15) is 28.8 Å². The van der Waals surface area contributed by atoms with Crippen molar-refractivity contribution in [2.45, 2.75) is 26.7 Å². The molecule has 1 aromatic heterocycles. The number of benzene rings is 1. The number of nitrogens with zero attached hydrogens (tertiary/aromatic N) is 2. The SMILES string of the molecule is CCCCNC(=O)c1cc(Nc2cc(OC)ccc2OC)nc(C)n1. The molecule has 2 aromatic rings. The lowest BCUT2D eigenvalue weighted by atomic mass is 10.2. The number of carbonyl (C=O) groups is 1. The third-order valence-corrected chi connectivity index (χ3v) is 3.56. The highest BCUT2D eigenvalue weighted by atomic mass is 16.5. The molecule has 0 unspecified atom stereocenters. The van der Waals surface area contributed by atoms with E-state index >= 15 is 0 Å². The predicted octanol–water partition coefficient (Wildman–Crippen LogP) is 3.08. The van der Waals surface area contributed by atoms with Crippen LogP contribution in [0.5, 0.6) is 11.5 Å². The van der Waals surface area contributed by atoms with Crippen molar-refractivity contribution in [3.05, 3.63) is 35.8 Å². The zero-order chi connectivity index (χ0) is 18.2. The molecular weight excluding hydrogens is 320 g/mol. The molecule has 25 heavy (non-hydrogen) atoms. The third-order valence-electron chi connectivity index (χ3n) is 3.56. The first-order valence-corrected chi connectivity index (χ1v) is 8.20. The molecule has 2 N–H and O–H groups in total. The molecule has 0 atom stereocenters. The van der Waals surface area contributed by atoms with Gasteiger partial charge in [-0.2, -0.15) is 0 Å². The lowest BCUT2D eigenvalue weighted by Gasteiger charge is -2.13. The van der Waals surface area contributed by atoms with Gasteiger partial charge in [0.15, 0.2) is 0 Å². The molecule has 0 saturated carbocycles. The minimum atomic E-state index is -0.209. The molecule has 1 amide bonds. The molecule has 0 spiro atoms. The van der Waals surface area contributed by atoms with E-state index in [0.717, 1.165) is 12.8 Å². The Bertz CT molecular complexity index is 734. The van der Waals surface area contributed by atoms with Crippen LogP contribution >= 0.6 is 0 Å². The summed E-state index contributed by atoms with van der Waals surface area (Å²) in [7, 11) is 3.18. The summed E-state index contributed by atoms with van der Waals surface area (Å²) in [4.78, 5) is 20.8. The largest absolute Gasteiger partial charge is 0.497 e. The van der Waals surface area contributed by atoms with Crippen molar-refractivity contribution in [2.75, 3.05) is 26.1 Å². The number of anilines is 2. The lowest BCUT2D eigenvalue weighted by molar-refractivity contribution is 0.0948. The number of aryl methyl sites for hydroxylation is 1. The van der Waals surface area contributed by atoms with Crippen LogP contribution in [0.3, 0.4) is 0 Å². The minimum Gasteiger partial charge on any atom is -0.497 e. The van der Waals surface area contributed by atoms with Crippen molar-refractivity contribution >= 4 is 17.4 Å². The van der Waals surface area contributed by atoms with Crippen molar-refractivity contribution in [3.63, 3.8) is 0 Å². The van der Waals surface area contributed by atoms with Gasteiger partial charge in [-0.15, -0.1) is 0 Å². The molecule has 7 nitrogen and oxygen atoms in total. The van der Waals surface area contributed by atoms with Crippen LogP contribution in [-0.2, 0) is 0 Å². The number of nitrogens with one attached hydrogen (secondary N) is 2. The van der Waals surface area contributed by atoms with Crippen LogP contribution in [0.1, 0.15) is 36.1 Å². The summed E-state index contributed by atoms with van der Waals surface area (Å²) in [6.45, 7) is 4.45. The van der Waals surface area contributed by atoms with Gasteiger partial charge in [0, 0.05) is 18.7 Å². The maximum atomic E-state index is 12.2. The molecule has 0 aliphatic carbocycles. The summed E-state index contributed by atoms with van der Waals surface area (Å²) >= 11 is 0. The van der Waals surface area contributed by atoms with Crippen LogP contribution < -0.4 is 20.1 Å². The highest BCUT2D eigenvalue weighted by Gasteiger charge is 2.12. The topological polar surface area (TPSA) is 85.4 Å². The molecule has 1 aromatic carbocycles. The first-order valence-electron chi connectivity index (χ1n) is 8.20. The fraction of sp³-hybridized carbons (Fsp3) is 0.389. The number of hydrogen-bond acceptors (Lipinski definition) is 6. The van der Waals surface area contributed by atoms with E-state index < -0.39 is 0 Å². The van der Waals surface area contributed by atoms with Crippen molar-refractivity contribution in [1.29, 1.82) is 0 Å². The van der Waals surface area contributed by atoms with Crippen molar-refractivity contribution in [2.24, 2.45) is 0 Å². The lowest BCUT2D eigenvalue weighted by Crippen LogP contribution is -2.25. The van der Waals surface area contributed by atoms with Crippen LogP contribution in [-0.4, -0.2) is 36.6 Å². The molecule has 0 fully saturated rings. The minimum absolute atomic E-state index is 0.209. The van der Waals surface area contributed by atoms with Crippen LogP contribution in [0.2, 0.25) is 0 Å². The second-order valence-electron chi connectivity index (χ2n) is 5.49. The number of methoxy groups -OCH3 is 2. The zero-order valence-corrected chi connectivity index (χ0v) is 15.0.